The topological polar surface area (TPSA) is 87.2 Å². The zero-order valence-electron chi connectivity index (χ0n) is 19.0. The van der Waals surface area contributed by atoms with E-state index in [0.29, 0.717) is 24.5 Å². The van der Waals surface area contributed by atoms with Crippen molar-refractivity contribution in [3.05, 3.63) is 92.4 Å². The van der Waals surface area contributed by atoms with Crippen LogP contribution in [-0.2, 0) is 35.4 Å². The Kier molecular flexibility index (Phi) is 7.13. The second kappa shape index (κ2) is 10.4. The van der Waals surface area contributed by atoms with Gasteiger partial charge in [0.15, 0.2) is 0 Å². The van der Waals surface area contributed by atoms with Crippen molar-refractivity contribution in [3.8, 4) is 0 Å². The Labute approximate surface area is 217 Å². The minimum absolute atomic E-state index is 0.102. The zero-order valence-corrected chi connectivity index (χ0v) is 21.3. The van der Waals surface area contributed by atoms with Crippen LogP contribution in [-0.4, -0.2) is 45.8 Å². The number of benzene rings is 1. The van der Waals surface area contributed by atoms with Crippen molar-refractivity contribution in [1.29, 1.82) is 0 Å². The lowest BCUT2D eigenvalue weighted by Crippen LogP contribution is -2.60. The highest BCUT2D eigenvalue weighted by Gasteiger charge is 2.35. The summed E-state index contributed by atoms with van der Waals surface area (Å²) in [7, 11) is 0. The average molecular weight is 555 g/mol. The minimum atomic E-state index is -0.647. The number of pyridine rings is 2. The number of hydrogen-bond donors (Lipinski definition) is 2. The molecule has 1 saturated heterocycles. The molecule has 1 aliphatic carbocycles. The van der Waals surface area contributed by atoms with Gasteiger partial charge in [-0.1, -0.05) is 23.7 Å². The van der Waals surface area contributed by atoms with Crippen LogP contribution in [0.5, 0.6) is 0 Å². The zero-order chi connectivity index (χ0) is 24.4. The van der Waals surface area contributed by atoms with Gasteiger partial charge in [-0.2, -0.15) is 0 Å². The van der Waals surface area contributed by atoms with E-state index in [1.807, 2.05) is 30.5 Å². The van der Waals surface area contributed by atoms with E-state index in [2.05, 4.69) is 48.6 Å². The van der Waals surface area contributed by atoms with Gasteiger partial charge in [-0.25, -0.2) is 0 Å². The predicted molar refractivity (Wildman–Crippen MR) is 137 cm³/mol. The van der Waals surface area contributed by atoms with E-state index in [0.717, 1.165) is 39.7 Å². The first-order chi connectivity index (χ1) is 17.0. The highest BCUT2D eigenvalue weighted by molar-refractivity contribution is 9.10. The maximum atomic E-state index is 13.0. The molecule has 180 valence electrons. The van der Waals surface area contributed by atoms with Crippen LogP contribution in [0.2, 0.25) is 5.02 Å². The first-order valence-electron chi connectivity index (χ1n) is 11.6. The number of fused-ring (bicyclic) bond motifs is 2. The number of piperazine rings is 1. The lowest BCUT2D eigenvalue weighted by Gasteiger charge is -2.39. The van der Waals surface area contributed by atoms with Crippen molar-refractivity contribution < 1.29 is 9.59 Å². The first-order valence-corrected chi connectivity index (χ1v) is 12.7. The molecule has 0 bridgehead atoms. The fourth-order valence-corrected chi connectivity index (χ4v) is 5.46. The summed E-state index contributed by atoms with van der Waals surface area (Å²) in [5, 5.41) is 6.48. The molecule has 2 amide bonds. The molecular weight excluding hydrogens is 530 g/mol. The van der Waals surface area contributed by atoms with Crippen molar-refractivity contribution in [2.45, 2.75) is 37.9 Å². The van der Waals surface area contributed by atoms with Gasteiger partial charge >= 0.3 is 0 Å². The maximum Gasteiger partial charge on any atom is 0.244 e. The summed E-state index contributed by atoms with van der Waals surface area (Å²) in [6, 6.07) is 11.1. The molecule has 5 rings (SSSR count). The first kappa shape index (κ1) is 23.9. The highest BCUT2D eigenvalue weighted by atomic mass is 79.9. The molecular formula is C26H25BrClN5O2. The third-order valence-electron chi connectivity index (χ3n) is 6.59. The van der Waals surface area contributed by atoms with Crippen LogP contribution in [0.25, 0.3) is 0 Å². The second-order valence-corrected chi connectivity index (χ2v) is 10.3. The molecule has 3 aromatic rings. The summed E-state index contributed by atoms with van der Waals surface area (Å²) in [5.74, 6) is -0.379. The molecule has 35 heavy (non-hydrogen) atoms. The minimum Gasteiger partial charge on any atom is -0.350 e. The summed E-state index contributed by atoms with van der Waals surface area (Å²) in [6.07, 6.45) is 7.56. The summed E-state index contributed by atoms with van der Waals surface area (Å²) in [5.41, 5.74) is 5.40. The maximum absolute atomic E-state index is 13.0. The van der Waals surface area contributed by atoms with Gasteiger partial charge in [-0.05, 0) is 75.3 Å². The third-order valence-corrected chi connectivity index (χ3v) is 7.26. The number of aryl methyl sites for hydroxylation is 2. The molecule has 2 aromatic heterocycles. The number of carbonyl (C=O) groups is 2. The fourth-order valence-electron chi connectivity index (χ4n) is 4.88. The van der Waals surface area contributed by atoms with Crippen molar-refractivity contribution in [2.24, 2.45) is 0 Å². The molecule has 1 fully saturated rings. The van der Waals surface area contributed by atoms with Crippen LogP contribution in [0.15, 0.2) is 59.5 Å². The summed E-state index contributed by atoms with van der Waals surface area (Å²) in [6.45, 7) is 0.976. The van der Waals surface area contributed by atoms with Gasteiger partial charge in [0.25, 0.3) is 0 Å². The van der Waals surface area contributed by atoms with E-state index >= 15 is 0 Å². The molecule has 9 heteroatoms. The molecule has 0 saturated carbocycles. The van der Waals surface area contributed by atoms with E-state index in [9.17, 15) is 9.59 Å². The average Bonchev–Trinajstić information content (AvgIpc) is 2.85. The second-order valence-electron chi connectivity index (χ2n) is 8.95. The molecule has 2 atom stereocenters. The van der Waals surface area contributed by atoms with E-state index in [-0.39, 0.29) is 24.4 Å². The van der Waals surface area contributed by atoms with Crippen molar-refractivity contribution >= 4 is 39.3 Å². The summed E-state index contributed by atoms with van der Waals surface area (Å²) < 4.78 is 0.947. The number of nitrogens with zero attached hydrogens (tertiary/aromatic N) is 3. The Morgan fingerprint density at radius 1 is 1.20 bits per heavy atom. The molecule has 0 radical (unpaired) electrons. The smallest absolute Gasteiger partial charge is 0.244 e. The van der Waals surface area contributed by atoms with Crippen molar-refractivity contribution in [2.75, 3.05) is 13.1 Å². The third kappa shape index (κ3) is 5.55. The van der Waals surface area contributed by atoms with Crippen molar-refractivity contribution in [1.82, 2.24) is 25.5 Å². The molecule has 7 nitrogen and oxygen atoms in total. The predicted octanol–water partition coefficient (Wildman–Crippen LogP) is 3.39. The summed E-state index contributed by atoms with van der Waals surface area (Å²) in [4.78, 5) is 36.6. The fraction of sp³-hybridized carbons (Fsp3) is 0.308. The monoisotopic (exact) mass is 553 g/mol. The van der Waals surface area contributed by atoms with Crippen molar-refractivity contribution in [3.63, 3.8) is 0 Å². The van der Waals surface area contributed by atoms with Gasteiger partial charge < -0.3 is 10.6 Å². The van der Waals surface area contributed by atoms with Gasteiger partial charge in [0.05, 0.1) is 6.54 Å². The van der Waals surface area contributed by atoms with E-state index < -0.39 is 6.04 Å². The highest BCUT2D eigenvalue weighted by Crippen LogP contribution is 2.34. The van der Waals surface area contributed by atoms with Crippen LogP contribution in [0.3, 0.4) is 0 Å². The molecule has 2 N–H and O–H groups in total. The number of rotatable bonds is 4. The lowest BCUT2D eigenvalue weighted by atomic mass is 9.87. The van der Waals surface area contributed by atoms with Gasteiger partial charge in [-0.3, -0.25) is 24.5 Å². The van der Waals surface area contributed by atoms with Gasteiger partial charge in [-0.15, -0.1) is 0 Å². The van der Waals surface area contributed by atoms with E-state index in [1.165, 1.54) is 5.56 Å². The normalized spacial score (nSPS) is 20.1. The molecule has 2 aliphatic rings. The Hall–Kier alpha value is -2.81. The van der Waals surface area contributed by atoms with E-state index in [4.69, 9.17) is 16.6 Å². The van der Waals surface area contributed by atoms with Crippen LogP contribution in [0, 0.1) is 0 Å². The molecule has 1 aliphatic heterocycles. The van der Waals surface area contributed by atoms with Gasteiger partial charge in [0.1, 0.15) is 6.04 Å². The van der Waals surface area contributed by atoms with Crippen LogP contribution >= 0.6 is 27.5 Å². The summed E-state index contributed by atoms with van der Waals surface area (Å²) >= 11 is 9.89. The lowest BCUT2D eigenvalue weighted by molar-refractivity contribution is -0.134. The van der Waals surface area contributed by atoms with Crippen LogP contribution in [0.1, 0.15) is 34.0 Å². The Balaban J connectivity index is 1.41. The number of aromatic nitrogens is 2. The standard InChI is InChI=1S/C26H25BrClN5O2/c27-19-8-18-4-3-17-9-20(28)5-6-21(17)24(10-22(18)30-13-19)33-14-23(32-25(34)15-33)26(35)31-12-16-2-1-7-29-11-16/h1-2,5-9,11,13,23-24H,3-4,10,12,14-15H2,(H,31,35)(H,32,34)/t23-,24?/m1/s1. The van der Waals surface area contributed by atoms with Crippen LogP contribution < -0.4 is 10.6 Å². The number of halogens is 2. The molecule has 3 heterocycles. The number of carbonyl (C=O) groups excluding carboxylic acids is 2. The molecule has 0 spiro atoms. The Morgan fingerprint density at radius 3 is 2.89 bits per heavy atom. The van der Waals surface area contributed by atoms with Crippen LogP contribution in [0.4, 0.5) is 0 Å². The van der Waals surface area contributed by atoms with Gasteiger partial charge in [0, 0.05) is 59.3 Å². The molecule has 1 unspecified atom stereocenters. The number of nitrogens with one attached hydrogen (secondary N) is 2. The number of hydrogen-bond acceptors (Lipinski definition) is 5. The largest absolute Gasteiger partial charge is 0.350 e. The quantitative estimate of drug-likeness (QED) is 0.516. The van der Waals surface area contributed by atoms with E-state index in [1.54, 1.807) is 12.4 Å². The Morgan fingerprint density at radius 2 is 2.06 bits per heavy atom. The Bertz CT molecular complexity index is 1260. The van der Waals surface area contributed by atoms with Gasteiger partial charge in [0.2, 0.25) is 11.8 Å². The number of amides is 2. The molecule has 1 aromatic carbocycles. The SMILES string of the molecule is O=C1CN(C2Cc3ncc(Br)cc3CCc3cc(Cl)ccc32)C[C@H](C(=O)NCc2cccnc2)N1.